The van der Waals surface area contributed by atoms with Gasteiger partial charge in [-0.1, -0.05) is 18.5 Å². The molecule has 2 aromatic carbocycles. The maximum atomic E-state index is 13.3. The van der Waals surface area contributed by atoms with E-state index in [-0.39, 0.29) is 17.9 Å². The molecule has 0 fully saturated rings. The van der Waals surface area contributed by atoms with Crippen molar-refractivity contribution in [2.24, 2.45) is 7.05 Å². The molecule has 1 N–H and O–H groups in total. The minimum atomic E-state index is -4.61. The maximum Gasteiger partial charge on any atom is 0.421 e. The molecule has 2 heterocycles. The summed E-state index contributed by atoms with van der Waals surface area (Å²) in [7, 11) is -2.78. The average Bonchev–Trinajstić information content (AvgIpc) is 3.38. The summed E-state index contributed by atoms with van der Waals surface area (Å²) in [6.45, 7) is 2.95. The Bertz CT molecular complexity index is 1610. The quantitative estimate of drug-likeness (QED) is 0.343. The Hall–Kier alpha value is -3.58. The molecule has 9 nitrogen and oxygen atoms in total. The number of carbonyl (C=O) groups is 1. The van der Waals surface area contributed by atoms with E-state index >= 15 is 0 Å². The van der Waals surface area contributed by atoms with Gasteiger partial charge in [-0.25, -0.2) is 14.8 Å². The van der Waals surface area contributed by atoms with E-state index in [1.807, 2.05) is 6.92 Å². The van der Waals surface area contributed by atoms with Crippen molar-refractivity contribution in [1.29, 1.82) is 0 Å². The summed E-state index contributed by atoms with van der Waals surface area (Å²) in [6, 6.07) is 8.88. The molecule has 0 saturated heterocycles. The number of hydrogen-bond donors (Lipinski definition) is 1. The monoisotopic (exact) mass is 555 g/mol. The molecule has 14 heteroatoms. The lowest BCUT2D eigenvalue weighted by atomic mass is 10.1. The second-order valence-electron chi connectivity index (χ2n) is 8.05. The summed E-state index contributed by atoms with van der Waals surface area (Å²) in [6.07, 6.45) is -4.56. The van der Waals surface area contributed by atoms with Crippen molar-refractivity contribution in [2.75, 3.05) is 6.54 Å². The molecule has 196 valence electrons. The number of alkyl halides is 3. The minimum Gasteiger partial charge on any atom is -0.464 e. The Morgan fingerprint density at radius 3 is 2.32 bits per heavy atom. The third-order valence-electron chi connectivity index (χ3n) is 5.73. The fourth-order valence-electron chi connectivity index (χ4n) is 4.00. The first-order chi connectivity index (χ1) is 17.3. The van der Waals surface area contributed by atoms with Gasteiger partial charge in [0.1, 0.15) is 11.6 Å². The van der Waals surface area contributed by atoms with Gasteiger partial charge >= 0.3 is 12.3 Å². The molecule has 1 amide bonds. The highest BCUT2D eigenvalue weighted by atomic mass is 35.5. The molecule has 0 unspecified atom stereocenters. The van der Waals surface area contributed by atoms with Crippen LogP contribution in [0.2, 0.25) is 5.02 Å². The van der Waals surface area contributed by atoms with E-state index in [2.05, 4.69) is 9.97 Å². The van der Waals surface area contributed by atoms with Crippen LogP contribution in [0, 0.1) is 0 Å². The number of benzene rings is 2. The molecule has 4 aromatic rings. The molecule has 0 aliphatic carbocycles. The largest absolute Gasteiger partial charge is 0.464 e. The van der Waals surface area contributed by atoms with Crippen LogP contribution in [0.1, 0.15) is 25.2 Å². The van der Waals surface area contributed by atoms with Crippen molar-refractivity contribution in [3.05, 3.63) is 59.0 Å². The third kappa shape index (κ3) is 4.64. The number of imidazole rings is 2. The second-order valence-corrected chi connectivity index (χ2v) is 10.3. The van der Waals surface area contributed by atoms with Crippen LogP contribution in [0.25, 0.3) is 28.1 Å². The first-order valence-electron chi connectivity index (χ1n) is 11.0. The second kappa shape index (κ2) is 9.38. The van der Waals surface area contributed by atoms with Crippen molar-refractivity contribution in [3.8, 4) is 17.1 Å². The van der Waals surface area contributed by atoms with Crippen molar-refractivity contribution < 1.29 is 31.5 Å². The summed E-state index contributed by atoms with van der Waals surface area (Å²) in [5.41, 5.74) is 0.723. The van der Waals surface area contributed by atoms with E-state index in [1.54, 1.807) is 35.9 Å². The van der Waals surface area contributed by atoms with Crippen LogP contribution in [0.4, 0.5) is 18.0 Å². The van der Waals surface area contributed by atoms with E-state index in [0.717, 1.165) is 6.07 Å². The highest BCUT2D eigenvalue weighted by Gasteiger charge is 2.34. The number of amides is 1. The standard InChI is InChI=1S/C23H21ClF3N5O4S/c1-4-19-28-17-10-15(23(25,26)27)16(24)11-18(17)32(19)14-8-6-13(7-9-14)21-29-20(12-30(21)3)37(35,36)31(5-2)22(33)34/h6-12H,4-5H2,1-3H3,(H,33,34). The highest BCUT2D eigenvalue weighted by molar-refractivity contribution is 7.89. The molecule has 4 rings (SSSR count). The molecule has 0 aliphatic heterocycles. The average molecular weight is 556 g/mol. The normalized spacial score (nSPS) is 12.3. The molecule has 0 bridgehead atoms. The molecule has 0 aliphatic rings. The van der Waals surface area contributed by atoms with Gasteiger partial charge in [-0.3, -0.25) is 4.57 Å². The van der Waals surface area contributed by atoms with Gasteiger partial charge in [-0.05, 0) is 43.3 Å². The van der Waals surface area contributed by atoms with E-state index in [1.165, 1.54) is 23.8 Å². The Morgan fingerprint density at radius 2 is 1.78 bits per heavy atom. The fraction of sp³-hybridized carbons (Fsp3) is 0.261. The molecule has 0 saturated carbocycles. The molecule has 0 atom stereocenters. The first kappa shape index (κ1) is 26.5. The van der Waals surface area contributed by atoms with Crippen molar-refractivity contribution in [1.82, 2.24) is 23.4 Å². The SMILES string of the molecule is CCc1nc2cc(C(F)(F)F)c(Cl)cc2n1-c1ccc(-c2nc(S(=O)(=O)N(CC)C(=O)O)cn2C)cc1. The number of aromatic nitrogens is 4. The zero-order valence-electron chi connectivity index (χ0n) is 19.8. The van der Waals surface area contributed by atoms with E-state index in [0.29, 0.717) is 33.3 Å². The summed E-state index contributed by atoms with van der Waals surface area (Å²) in [5, 5.41) is 8.36. The number of halogens is 4. The van der Waals surface area contributed by atoms with Gasteiger partial charge in [0.2, 0.25) is 0 Å². The number of fused-ring (bicyclic) bond motifs is 1. The summed E-state index contributed by atoms with van der Waals surface area (Å²) >= 11 is 5.95. The third-order valence-corrected chi connectivity index (χ3v) is 7.76. The van der Waals surface area contributed by atoms with Crippen LogP contribution in [-0.2, 0) is 29.7 Å². The Morgan fingerprint density at radius 1 is 1.14 bits per heavy atom. The van der Waals surface area contributed by atoms with Crippen molar-refractivity contribution in [3.63, 3.8) is 0 Å². The van der Waals surface area contributed by atoms with Crippen LogP contribution in [-0.4, -0.2) is 49.6 Å². The lowest BCUT2D eigenvalue weighted by Gasteiger charge is -2.14. The van der Waals surface area contributed by atoms with Gasteiger partial charge in [-0.15, -0.1) is 0 Å². The van der Waals surface area contributed by atoms with Crippen LogP contribution < -0.4 is 0 Å². The minimum absolute atomic E-state index is 0.149. The van der Waals surface area contributed by atoms with Gasteiger partial charge < -0.3 is 9.67 Å². The smallest absolute Gasteiger partial charge is 0.421 e. The van der Waals surface area contributed by atoms with Crippen LogP contribution in [0.3, 0.4) is 0 Å². The number of sulfonamides is 1. The van der Waals surface area contributed by atoms with Gasteiger partial charge in [0.25, 0.3) is 10.0 Å². The van der Waals surface area contributed by atoms with Gasteiger partial charge in [-0.2, -0.15) is 25.9 Å². The highest BCUT2D eigenvalue weighted by Crippen LogP contribution is 2.38. The maximum absolute atomic E-state index is 13.3. The van der Waals surface area contributed by atoms with E-state index in [9.17, 15) is 31.5 Å². The molecular weight excluding hydrogens is 535 g/mol. The Labute approximate surface area is 214 Å². The predicted molar refractivity (Wildman–Crippen MR) is 130 cm³/mol. The number of hydrogen-bond acceptors (Lipinski definition) is 5. The number of aryl methyl sites for hydroxylation is 2. The van der Waals surface area contributed by atoms with Crippen LogP contribution in [0.5, 0.6) is 0 Å². The zero-order valence-corrected chi connectivity index (χ0v) is 21.4. The lowest BCUT2D eigenvalue weighted by molar-refractivity contribution is -0.137. The molecule has 0 spiro atoms. The lowest BCUT2D eigenvalue weighted by Crippen LogP contribution is -2.35. The fourth-order valence-corrected chi connectivity index (χ4v) is 5.53. The molecule has 0 radical (unpaired) electrons. The Kier molecular flexibility index (Phi) is 6.71. The number of nitrogens with zero attached hydrogens (tertiary/aromatic N) is 5. The van der Waals surface area contributed by atoms with Crippen molar-refractivity contribution >= 4 is 38.8 Å². The molecule has 37 heavy (non-hydrogen) atoms. The van der Waals surface area contributed by atoms with Crippen LogP contribution >= 0.6 is 11.6 Å². The number of rotatable bonds is 6. The summed E-state index contributed by atoms with van der Waals surface area (Å²) in [5.74, 6) is 0.799. The molecular formula is C23H21ClF3N5O4S. The zero-order chi connectivity index (χ0) is 27.3. The Balaban J connectivity index is 1.76. The van der Waals surface area contributed by atoms with E-state index < -0.39 is 37.9 Å². The molecule has 2 aromatic heterocycles. The summed E-state index contributed by atoms with van der Waals surface area (Å²) < 4.78 is 68.8. The first-order valence-corrected chi connectivity index (χ1v) is 12.8. The van der Waals surface area contributed by atoms with Gasteiger partial charge in [0.15, 0.2) is 5.03 Å². The topological polar surface area (TPSA) is 110 Å². The van der Waals surface area contributed by atoms with Crippen molar-refractivity contribution in [2.45, 2.75) is 31.5 Å². The number of carboxylic acid groups (broad SMARTS) is 1. The van der Waals surface area contributed by atoms with Crippen LogP contribution in [0.15, 0.2) is 47.6 Å². The van der Waals surface area contributed by atoms with Gasteiger partial charge in [0.05, 0.1) is 21.6 Å². The van der Waals surface area contributed by atoms with Gasteiger partial charge in [0, 0.05) is 37.5 Å². The predicted octanol–water partition coefficient (Wildman–Crippen LogP) is 5.35. The van der Waals surface area contributed by atoms with E-state index in [4.69, 9.17) is 11.6 Å². The summed E-state index contributed by atoms with van der Waals surface area (Å²) in [4.78, 5) is 19.8.